The van der Waals surface area contributed by atoms with Gasteiger partial charge in [0, 0.05) is 25.3 Å². The smallest absolute Gasteiger partial charge is 0.228 e. The maximum absolute atomic E-state index is 12.3. The van der Waals surface area contributed by atoms with Crippen molar-refractivity contribution in [1.82, 2.24) is 15.5 Å². The molecule has 0 aliphatic heterocycles. The lowest BCUT2D eigenvalue weighted by molar-refractivity contribution is -0.141. The molecular formula is C14H23N3O2. The Labute approximate surface area is 114 Å². The second kappa shape index (κ2) is 5.74. The van der Waals surface area contributed by atoms with Crippen LogP contribution in [0.5, 0.6) is 0 Å². The number of H-pyrrole nitrogens is 1. The zero-order valence-corrected chi connectivity index (χ0v) is 12.0. The zero-order valence-electron chi connectivity index (χ0n) is 12.0. The monoisotopic (exact) mass is 265 g/mol. The van der Waals surface area contributed by atoms with Crippen LogP contribution in [0.15, 0.2) is 6.07 Å². The van der Waals surface area contributed by atoms with Gasteiger partial charge >= 0.3 is 0 Å². The predicted molar refractivity (Wildman–Crippen MR) is 72.8 cm³/mol. The highest BCUT2D eigenvalue weighted by molar-refractivity contribution is 5.83. The number of aromatic nitrogens is 2. The van der Waals surface area contributed by atoms with E-state index in [1.54, 1.807) is 7.11 Å². The van der Waals surface area contributed by atoms with Crippen molar-refractivity contribution in [2.75, 3.05) is 13.7 Å². The van der Waals surface area contributed by atoms with Gasteiger partial charge in [-0.1, -0.05) is 6.42 Å². The quantitative estimate of drug-likeness (QED) is 0.820. The first-order valence-corrected chi connectivity index (χ1v) is 6.86. The van der Waals surface area contributed by atoms with Crippen molar-refractivity contribution in [2.45, 2.75) is 45.6 Å². The molecule has 2 rings (SSSR count). The number of nitrogens with zero attached hydrogens (tertiary/aromatic N) is 1. The number of aryl methyl sites for hydroxylation is 1. The van der Waals surface area contributed by atoms with Crippen molar-refractivity contribution in [1.29, 1.82) is 0 Å². The van der Waals surface area contributed by atoms with E-state index >= 15 is 0 Å². The fourth-order valence-corrected chi connectivity index (χ4v) is 2.64. The third-order valence-corrected chi connectivity index (χ3v) is 3.86. The Morgan fingerprint density at radius 1 is 1.63 bits per heavy atom. The molecule has 1 aliphatic carbocycles. The lowest BCUT2D eigenvalue weighted by Crippen LogP contribution is -2.51. The summed E-state index contributed by atoms with van der Waals surface area (Å²) in [5, 5.41) is 10.2. The number of aromatic amines is 1. The minimum Gasteiger partial charge on any atom is -0.384 e. The molecule has 1 atom stereocenters. The van der Waals surface area contributed by atoms with E-state index in [9.17, 15) is 4.79 Å². The molecule has 2 N–H and O–H groups in total. The maximum atomic E-state index is 12.3. The van der Waals surface area contributed by atoms with E-state index in [-0.39, 0.29) is 17.4 Å². The Kier molecular flexibility index (Phi) is 4.24. The van der Waals surface area contributed by atoms with Gasteiger partial charge in [-0.15, -0.1) is 0 Å². The van der Waals surface area contributed by atoms with Crippen molar-refractivity contribution in [3.63, 3.8) is 0 Å². The number of carbonyl (C=O) groups excluding carboxylic acids is 1. The predicted octanol–water partition coefficient (Wildman–Crippen LogP) is 1.58. The Bertz CT molecular complexity index is 438. The van der Waals surface area contributed by atoms with Crippen LogP contribution in [0.25, 0.3) is 0 Å². The summed E-state index contributed by atoms with van der Waals surface area (Å²) in [7, 11) is 1.66. The van der Waals surface area contributed by atoms with Gasteiger partial charge in [0.2, 0.25) is 5.91 Å². The number of hydrogen-bond donors (Lipinski definition) is 2. The van der Waals surface area contributed by atoms with Gasteiger partial charge in [0.25, 0.3) is 0 Å². The number of nitrogens with one attached hydrogen (secondary N) is 2. The highest BCUT2D eigenvalue weighted by Gasteiger charge is 2.44. The van der Waals surface area contributed by atoms with E-state index < -0.39 is 0 Å². The Morgan fingerprint density at radius 3 is 2.84 bits per heavy atom. The van der Waals surface area contributed by atoms with Gasteiger partial charge in [-0.25, -0.2) is 0 Å². The van der Waals surface area contributed by atoms with Crippen LogP contribution in [0.1, 0.15) is 37.6 Å². The van der Waals surface area contributed by atoms with E-state index in [1.807, 2.05) is 19.9 Å². The van der Waals surface area contributed by atoms with Gasteiger partial charge in [0.05, 0.1) is 17.7 Å². The van der Waals surface area contributed by atoms with Crippen LogP contribution in [-0.2, 0) is 16.0 Å². The molecule has 1 aliphatic rings. The second-order valence-electron chi connectivity index (χ2n) is 5.69. The fourth-order valence-electron chi connectivity index (χ4n) is 2.64. The van der Waals surface area contributed by atoms with Gasteiger partial charge in [-0.2, -0.15) is 5.10 Å². The van der Waals surface area contributed by atoms with Crippen LogP contribution in [0.2, 0.25) is 0 Å². The molecule has 0 spiro atoms. The van der Waals surface area contributed by atoms with Gasteiger partial charge < -0.3 is 10.1 Å². The summed E-state index contributed by atoms with van der Waals surface area (Å²) in [5.74, 6) is 0.125. The minimum absolute atomic E-state index is 0.0875. The SMILES string of the molecule is COCC1(C(=O)N[C@@H](C)Cc2cc(C)[nH]n2)CCC1. The van der Waals surface area contributed by atoms with E-state index in [1.165, 1.54) is 0 Å². The molecule has 0 unspecified atom stereocenters. The first kappa shape index (κ1) is 14.1. The highest BCUT2D eigenvalue weighted by atomic mass is 16.5. The topological polar surface area (TPSA) is 67.0 Å². The summed E-state index contributed by atoms with van der Waals surface area (Å²) in [6, 6.07) is 2.10. The standard InChI is InChI=1S/C14H23N3O2/c1-10(7-12-8-11(2)16-17-12)15-13(18)14(9-19-3)5-4-6-14/h8,10H,4-7,9H2,1-3H3,(H,15,18)(H,16,17)/t10-/m0/s1. The van der Waals surface area contributed by atoms with Crippen molar-refractivity contribution in [2.24, 2.45) is 5.41 Å². The molecule has 1 aromatic rings. The first-order valence-electron chi connectivity index (χ1n) is 6.86. The molecule has 1 aromatic heterocycles. The minimum atomic E-state index is -0.287. The van der Waals surface area contributed by atoms with E-state index in [0.29, 0.717) is 6.61 Å². The van der Waals surface area contributed by atoms with Crippen LogP contribution in [-0.4, -0.2) is 35.9 Å². The summed E-state index contributed by atoms with van der Waals surface area (Å²) in [5.41, 5.74) is 1.74. The van der Waals surface area contributed by atoms with Crippen molar-refractivity contribution >= 4 is 5.91 Å². The number of amides is 1. The normalized spacial score (nSPS) is 18.7. The van der Waals surface area contributed by atoms with Crippen LogP contribution in [0.3, 0.4) is 0 Å². The largest absolute Gasteiger partial charge is 0.384 e. The zero-order chi connectivity index (χ0) is 13.9. The lowest BCUT2D eigenvalue weighted by Gasteiger charge is -2.40. The summed E-state index contributed by atoms with van der Waals surface area (Å²) in [6.07, 6.45) is 3.73. The average molecular weight is 265 g/mol. The van der Waals surface area contributed by atoms with Crippen molar-refractivity contribution in [3.05, 3.63) is 17.5 Å². The molecular weight excluding hydrogens is 242 g/mol. The summed E-state index contributed by atoms with van der Waals surface area (Å²) in [4.78, 5) is 12.3. The van der Waals surface area contributed by atoms with Gasteiger partial charge in [0.1, 0.15) is 0 Å². The summed E-state index contributed by atoms with van der Waals surface area (Å²) in [6.45, 7) is 4.51. The van der Waals surface area contributed by atoms with Crippen LogP contribution in [0.4, 0.5) is 0 Å². The van der Waals surface area contributed by atoms with E-state index in [2.05, 4.69) is 15.5 Å². The number of ether oxygens (including phenoxy) is 1. The number of rotatable bonds is 6. The summed E-state index contributed by atoms with van der Waals surface area (Å²) < 4.78 is 5.20. The molecule has 1 amide bonds. The second-order valence-corrected chi connectivity index (χ2v) is 5.69. The van der Waals surface area contributed by atoms with Gasteiger partial charge in [0.15, 0.2) is 0 Å². The fraction of sp³-hybridized carbons (Fsp3) is 0.714. The van der Waals surface area contributed by atoms with Crippen LogP contribution >= 0.6 is 0 Å². The van der Waals surface area contributed by atoms with Crippen LogP contribution < -0.4 is 5.32 Å². The molecule has 19 heavy (non-hydrogen) atoms. The highest BCUT2D eigenvalue weighted by Crippen LogP contribution is 2.41. The molecule has 5 nitrogen and oxygen atoms in total. The van der Waals surface area contributed by atoms with E-state index in [0.717, 1.165) is 37.1 Å². The number of carbonyl (C=O) groups is 1. The molecule has 1 fully saturated rings. The Hall–Kier alpha value is -1.36. The summed E-state index contributed by atoms with van der Waals surface area (Å²) >= 11 is 0. The van der Waals surface area contributed by atoms with Gasteiger partial charge in [-0.05, 0) is 32.8 Å². The molecule has 0 radical (unpaired) electrons. The molecule has 0 bridgehead atoms. The van der Waals surface area contributed by atoms with Crippen molar-refractivity contribution in [3.8, 4) is 0 Å². The van der Waals surface area contributed by atoms with Crippen molar-refractivity contribution < 1.29 is 9.53 Å². The number of methoxy groups -OCH3 is 1. The molecule has 106 valence electrons. The Morgan fingerprint density at radius 2 is 2.37 bits per heavy atom. The first-order chi connectivity index (χ1) is 9.05. The Balaban J connectivity index is 1.87. The molecule has 1 heterocycles. The third kappa shape index (κ3) is 3.15. The number of hydrogen-bond acceptors (Lipinski definition) is 3. The molecule has 0 saturated heterocycles. The van der Waals surface area contributed by atoms with Crippen LogP contribution in [0, 0.1) is 12.3 Å². The average Bonchev–Trinajstić information content (AvgIpc) is 2.68. The molecule has 1 saturated carbocycles. The van der Waals surface area contributed by atoms with Gasteiger partial charge in [-0.3, -0.25) is 9.89 Å². The van der Waals surface area contributed by atoms with E-state index in [4.69, 9.17) is 4.74 Å². The molecule has 5 heteroatoms. The molecule has 0 aromatic carbocycles. The third-order valence-electron chi connectivity index (χ3n) is 3.86. The maximum Gasteiger partial charge on any atom is 0.228 e. The lowest BCUT2D eigenvalue weighted by atomic mass is 9.68.